The smallest absolute Gasteiger partial charge is 0.197 e. The molecule has 1 atom stereocenters. The van der Waals surface area contributed by atoms with Crippen LogP contribution in [0, 0.1) is 0 Å². The van der Waals surface area contributed by atoms with Crippen molar-refractivity contribution in [3.63, 3.8) is 0 Å². The van der Waals surface area contributed by atoms with Gasteiger partial charge in [0.25, 0.3) is 0 Å². The summed E-state index contributed by atoms with van der Waals surface area (Å²) in [5, 5.41) is 0.386. The quantitative estimate of drug-likeness (QED) is 0.450. The maximum atomic E-state index is 5.85. The van der Waals surface area contributed by atoms with E-state index in [1.165, 1.54) is 0 Å². The number of nitrogens with two attached hydrogens (primary N) is 1. The number of furan rings is 1. The molecule has 0 spiro atoms. The molecule has 0 aliphatic rings. The largest absolute Gasteiger partial charge is 0.453 e. The highest BCUT2D eigenvalue weighted by molar-refractivity contribution is 6.29. The van der Waals surface area contributed by atoms with E-state index in [0.717, 1.165) is 24.0 Å². The summed E-state index contributed by atoms with van der Waals surface area (Å²) >= 11 is 5.85. The first kappa shape index (κ1) is 11.3. The van der Waals surface area contributed by atoms with Gasteiger partial charge in [-0.05, 0) is 30.5 Å². The summed E-state index contributed by atoms with van der Waals surface area (Å²) in [5.41, 5.74) is 4.71. The zero-order valence-corrected chi connectivity index (χ0v) is 8.97. The van der Waals surface area contributed by atoms with Crippen molar-refractivity contribution in [2.24, 2.45) is 5.84 Å². The Balaban J connectivity index is 2.72. The summed E-state index contributed by atoms with van der Waals surface area (Å²) in [4.78, 5) is 0. The molecule has 1 unspecified atom stereocenters. The maximum absolute atomic E-state index is 5.85. The number of rotatable bonds is 5. The SMILES string of the molecule is C=C(CC)CC(NN)c1ccoc1Cl. The van der Waals surface area contributed by atoms with Crippen molar-refractivity contribution in [3.8, 4) is 0 Å². The number of hydrogen-bond donors (Lipinski definition) is 2. The van der Waals surface area contributed by atoms with Crippen molar-refractivity contribution in [2.45, 2.75) is 25.8 Å². The van der Waals surface area contributed by atoms with Gasteiger partial charge < -0.3 is 4.42 Å². The van der Waals surface area contributed by atoms with E-state index in [9.17, 15) is 0 Å². The number of hydrazine groups is 1. The molecule has 0 aromatic carbocycles. The van der Waals surface area contributed by atoms with Crippen LogP contribution >= 0.6 is 11.6 Å². The lowest BCUT2D eigenvalue weighted by Gasteiger charge is -2.15. The lowest BCUT2D eigenvalue weighted by Crippen LogP contribution is -2.28. The fourth-order valence-electron chi connectivity index (χ4n) is 1.25. The molecule has 0 radical (unpaired) electrons. The van der Waals surface area contributed by atoms with Gasteiger partial charge in [0.1, 0.15) is 0 Å². The third kappa shape index (κ3) is 2.61. The summed E-state index contributed by atoms with van der Waals surface area (Å²) in [6.07, 6.45) is 3.26. The molecule has 1 rings (SSSR count). The molecule has 0 saturated carbocycles. The van der Waals surface area contributed by atoms with Crippen molar-refractivity contribution in [1.82, 2.24) is 5.43 Å². The van der Waals surface area contributed by atoms with Crippen LogP contribution in [0.5, 0.6) is 0 Å². The van der Waals surface area contributed by atoms with Gasteiger partial charge in [0, 0.05) is 5.56 Å². The summed E-state index contributed by atoms with van der Waals surface area (Å²) in [6.45, 7) is 5.99. The highest BCUT2D eigenvalue weighted by Gasteiger charge is 2.15. The van der Waals surface area contributed by atoms with Crippen LogP contribution in [-0.2, 0) is 0 Å². The van der Waals surface area contributed by atoms with Crippen molar-refractivity contribution < 1.29 is 4.42 Å². The van der Waals surface area contributed by atoms with Crippen LogP contribution in [0.2, 0.25) is 5.22 Å². The molecule has 3 N–H and O–H groups in total. The lowest BCUT2D eigenvalue weighted by molar-refractivity contribution is 0.523. The van der Waals surface area contributed by atoms with Crippen LogP contribution in [0.15, 0.2) is 28.9 Å². The average molecular weight is 215 g/mol. The van der Waals surface area contributed by atoms with E-state index in [1.807, 2.05) is 6.07 Å². The summed E-state index contributed by atoms with van der Waals surface area (Å²) in [7, 11) is 0. The topological polar surface area (TPSA) is 51.2 Å². The van der Waals surface area contributed by atoms with Gasteiger partial charge in [0.15, 0.2) is 5.22 Å². The van der Waals surface area contributed by atoms with Crippen LogP contribution in [0.4, 0.5) is 0 Å². The van der Waals surface area contributed by atoms with Crippen molar-refractivity contribution >= 4 is 11.6 Å². The molecule has 0 aliphatic heterocycles. The number of halogens is 1. The zero-order valence-electron chi connectivity index (χ0n) is 8.22. The van der Waals surface area contributed by atoms with Crippen molar-refractivity contribution in [3.05, 3.63) is 35.3 Å². The maximum Gasteiger partial charge on any atom is 0.197 e. The molecule has 1 aromatic heterocycles. The zero-order chi connectivity index (χ0) is 10.6. The van der Waals surface area contributed by atoms with Gasteiger partial charge in [0.05, 0.1) is 12.3 Å². The minimum atomic E-state index is -0.0197. The van der Waals surface area contributed by atoms with Gasteiger partial charge in [-0.25, -0.2) is 0 Å². The summed E-state index contributed by atoms with van der Waals surface area (Å²) in [5.74, 6) is 5.44. The van der Waals surface area contributed by atoms with Gasteiger partial charge >= 0.3 is 0 Å². The van der Waals surface area contributed by atoms with Crippen LogP contribution in [-0.4, -0.2) is 0 Å². The monoisotopic (exact) mass is 214 g/mol. The molecule has 1 aromatic rings. The Morgan fingerprint density at radius 1 is 1.79 bits per heavy atom. The van der Waals surface area contributed by atoms with E-state index in [1.54, 1.807) is 6.26 Å². The minimum absolute atomic E-state index is 0.0197. The molecule has 78 valence electrons. The first-order valence-corrected chi connectivity index (χ1v) is 4.92. The second-order valence-electron chi connectivity index (χ2n) is 3.18. The molecule has 0 fully saturated rings. The van der Waals surface area contributed by atoms with Crippen molar-refractivity contribution in [2.75, 3.05) is 0 Å². The molecular formula is C10H15ClN2O. The van der Waals surface area contributed by atoms with E-state index < -0.39 is 0 Å². The standard InChI is InChI=1S/C10H15ClN2O/c1-3-7(2)6-9(13-12)8-4-5-14-10(8)11/h4-5,9,13H,2-3,6,12H2,1H3. The van der Waals surface area contributed by atoms with E-state index in [2.05, 4.69) is 18.9 Å². The minimum Gasteiger partial charge on any atom is -0.453 e. The highest BCUT2D eigenvalue weighted by atomic mass is 35.5. The Bertz CT molecular complexity index is 309. The van der Waals surface area contributed by atoms with Crippen LogP contribution < -0.4 is 11.3 Å². The Kier molecular flexibility index (Phi) is 4.20. The third-order valence-corrected chi connectivity index (χ3v) is 2.52. The van der Waals surface area contributed by atoms with Gasteiger partial charge in [0.2, 0.25) is 0 Å². The van der Waals surface area contributed by atoms with E-state index in [0.29, 0.717) is 5.22 Å². The van der Waals surface area contributed by atoms with Gasteiger partial charge in [-0.15, -0.1) is 0 Å². The number of nitrogens with one attached hydrogen (secondary N) is 1. The van der Waals surface area contributed by atoms with Gasteiger partial charge in [-0.2, -0.15) is 0 Å². The summed E-state index contributed by atoms with van der Waals surface area (Å²) in [6, 6.07) is 1.80. The van der Waals surface area contributed by atoms with Gasteiger partial charge in [-0.3, -0.25) is 11.3 Å². The fourth-order valence-corrected chi connectivity index (χ4v) is 1.49. The van der Waals surface area contributed by atoms with Crippen molar-refractivity contribution in [1.29, 1.82) is 0 Å². The second-order valence-corrected chi connectivity index (χ2v) is 3.52. The normalized spacial score (nSPS) is 12.8. The molecule has 0 bridgehead atoms. The fraction of sp³-hybridized carbons (Fsp3) is 0.400. The Morgan fingerprint density at radius 3 is 2.93 bits per heavy atom. The summed E-state index contributed by atoms with van der Waals surface area (Å²) < 4.78 is 5.00. The first-order chi connectivity index (χ1) is 6.69. The lowest BCUT2D eigenvalue weighted by atomic mass is 10.0. The highest BCUT2D eigenvalue weighted by Crippen LogP contribution is 2.28. The Labute approximate surface area is 88.9 Å². The second kappa shape index (κ2) is 5.20. The molecule has 1 heterocycles. The molecule has 0 saturated heterocycles. The predicted molar refractivity (Wildman–Crippen MR) is 57.8 cm³/mol. The van der Waals surface area contributed by atoms with Gasteiger partial charge in [-0.1, -0.05) is 19.1 Å². The van der Waals surface area contributed by atoms with E-state index >= 15 is 0 Å². The molecule has 14 heavy (non-hydrogen) atoms. The Morgan fingerprint density at radius 2 is 2.50 bits per heavy atom. The van der Waals surface area contributed by atoms with E-state index in [-0.39, 0.29) is 6.04 Å². The molecule has 3 nitrogen and oxygen atoms in total. The van der Waals surface area contributed by atoms with E-state index in [4.69, 9.17) is 21.9 Å². The Hall–Kier alpha value is -0.770. The first-order valence-electron chi connectivity index (χ1n) is 4.54. The van der Waals surface area contributed by atoms with Crippen LogP contribution in [0.1, 0.15) is 31.4 Å². The molecule has 0 amide bonds. The molecule has 0 aliphatic carbocycles. The molecule has 4 heteroatoms. The average Bonchev–Trinajstić information content (AvgIpc) is 2.60. The number of hydrogen-bond acceptors (Lipinski definition) is 3. The molecular weight excluding hydrogens is 200 g/mol. The predicted octanol–water partition coefficient (Wildman–Crippen LogP) is 2.79. The van der Waals surface area contributed by atoms with Crippen LogP contribution in [0.3, 0.4) is 0 Å². The van der Waals surface area contributed by atoms with Crippen LogP contribution in [0.25, 0.3) is 0 Å². The third-order valence-electron chi connectivity index (χ3n) is 2.22.